The van der Waals surface area contributed by atoms with Crippen molar-refractivity contribution >= 4 is 5.91 Å². The molecule has 0 rings (SSSR count). The molecule has 0 aromatic heterocycles. The van der Waals surface area contributed by atoms with Crippen molar-refractivity contribution in [1.29, 1.82) is 0 Å². The SMILES string of the molecule is [NH]C(=O)CCCO. The van der Waals surface area contributed by atoms with E-state index in [-0.39, 0.29) is 13.0 Å². The summed E-state index contributed by atoms with van der Waals surface area (Å²) in [5.74, 6) is -0.603. The highest BCUT2D eigenvalue weighted by atomic mass is 16.3. The molecule has 0 aliphatic carbocycles. The van der Waals surface area contributed by atoms with Gasteiger partial charge in [-0.05, 0) is 6.42 Å². The van der Waals surface area contributed by atoms with Crippen LogP contribution in [-0.4, -0.2) is 17.6 Å². The molecule has 1 radical (unpaired) electrons. The van der Waals surface area contributed by atoms with Crippen molar-refractivity contribution in [2.24, 2.45) is 0 Å². The summed E-state index contributed by atoms with van der Waals surface area (Å²) in [4.78, 5) is 9.76. The van der Waals surface area contributed by atoms with Gasteiger partial charge in [0.05, 0.1) is 0 Å². The molecule has 2 N–H and O–H groups in total. The maximum atomic E-state index is 9.76. The number of aliphatic hydroxyl groups is 1. The summed E-state index contributed by atoms with van der Waals surface area (Å²) >= 11 is 0. The molecule has 3 nitrogen and oxygen atoms in total. The van der Waals surface area contributed by atoms with Crippen molar-refractivity contribution in [1.82, 2.24) is 5.73 Å². The molecule has 0 saturated carbocycles. The van der Waals surface area contributed by atoms with Gasteiger partial charge in [-0.3, -0.25) is 10.5 Å². The average molecular weight is 102 g/mol. The van der Waals surface area contributed by atoms with E-state index in [0.717, 1.165) is 0 Å². The maximum absolute atomic E-state index is 9.76. The van der Waals surface area contributed by atoms with Crippen LogP contribution in [0.25, 0.3) is 0 Å². The van der Waals surface area contributed by atoms with Crippen LogP contribution in [0, 0.1) is 0 Å². The summed E-state index contributed by atoms with van der Waals surface area (Å²) < 4.78 is 0. The van der Waals surface area contributed by atoms with E-state index in [1.165, 1.54) is 0 Å². The minimum Gasteiger partial charge on any atom is -0.396 e. The molecule has 0 bridgehead atoms. The maximum Gasteiger partial charge on any atom is 0.238 e. The first-order valence-corrected chi connectivity index (χ1v) is 2.12. The van der Waals surface area contributed by atoms with Gasteiger partial charge in [-0.25, -0.2) is 0 Å². The van der Waals surface area contributed by atoms with Gasteiger partial charge in [0.1, 0.15) is 0 Å². The summed E-state index contributed by atoms with van der Waals surface area (Å²) in [6.45, 7) is 0.00458. The Bertz CT molecular complexity index is 62.7. The molecule has 7 heavy (non-hydrogen) atoms. The van der Waals surface area contributed by atoms with Crippen LogP contribution >= 0.6 is 0 Å². The van der Waals surface area contributed by atoms with Crippen LogP contribution in [0.5, 0.6) is 0 Å². The largest absolute Gasteiger partial charge is 0.396 e. The van der Waals surface area contributed by atoms with E-state index in [0.29, 0.717) is 6.42 Å². The molecular formula is C4H8NO2. The molecule has 0 unspecified atom stereocenters. The van der Waals surface area contributed by atoms with Crippen molar-refractivity contribution in [3.8, 4) is 0 Å². The fourth-order valence-electron chi connectivity index (χ4n) is 0.240. The molecule has 0 aromatic carbocycles. The smallest absolute Gasteiger partial charge is 0.238 e. The zero-order chi connectivity index (χ0) is 5.70. The van der Waals surface area contributed by atoms with Crippen molar-refractivity contribution in [2.45, 2.75) is 12.8 Å². The van der Waals surface area contributed by atoms with E-state index in [4.69, 9.17) is 10.8 Å². The van der Waals surface area contributed by atoms with Gasteiger partial charge in [0.25, 0.3) is 0 Å². The lowest BCUT2D eigenvalue weighted by atomic mass is 10.3. The first kappa shape index (κ1) is 6.43. The van der Waals surface area contributed by atoms with E-state index in [2.05, 4.69) is 0 Å². The quantitative estimate of drug-likeness (QED) is 0.525. The Balaban J connectivity index is 2.82. The van der Waals surface area contributed by atoms with Gasteiger partial charge >= 0.3 is 0 Å². The summed E-state index contributed by atoms with van der Waals surface area (Å²) in [6, 6.07) is 0. The standard InChI is InChI=1S/C4H8NO2/c5-4(7)2-1-3-6/h5-6H,1-3H2. The van der Waals surface area contributed by atoms with Crippen molar-refractivity contribution in [3.05, 3.63) is 0 Å². The Morgan fingerprint density at radius 3 is 2.43 bits per heavy atom. The number of amides is 1. The van der Waals surface area contributed by atoms with Crippen LogP contribution in [0.15, 0.2) is 0 Å². The molecule has 0 saturated heterocycles. The number of hydrogen-bond acceptors (Lipinski definition) is 2. The minimum absolute atomic E-state index is 0.00458. The Morgan fingerprint density at radius 1 is 1.71 bits per heavy atom. The molecule has 0 aliphatic heterocycles. The second-order valence-corrected chi connectivity index (χ2v) is 1.25. The molecule has 0 atom stereocenters. The fourth-order valence-corrected chi connectivity index (χ4v) is 0.240. The highest BCUT2D eigenvalue weighted by Gasteiger charge is 1.90. The van der Waals surface area contributed by atoms with Crippen LogP contribution in [0.4, 0.5) is 0 Å². The normalized spacial score (nSPS) is 8.71. The molecular weight excluding hydrogens is 94.0 g/mol. The number of aliphatic hydroxyl groups excluding tert-OH is 1. The molecule has 1 amide bonds. The first-order valence-electron chi connectivity index (χ1n) is 2.12. The van der Waals surface area contributed by atoms with Crippen LogP contribution in [0.1, 0.15) is 12.8 Å². The monoisotopic (exact) mass is 102 g/mol. The van der Waals surface area contributed by atoms with Gasteiger partial charge in [-0.2, -0.15) is 0 Å². The fraction of sp³-hybridized carbons (Fsp3) is 0.750. The molecule has 3 heteroatoms. The molecule has 0 heterocycles. The lowest BCUT2D eigenvalue weighted by molar-refractivity contribution is -0.118. The van der Waals surface area contributed by atoms with E-state index >= 15 is 0 Å². The first-order chi connectivity index (χ1) is 3.27. The Labute approximate surface area is 42.1 Å². The zero-order valence-corrected chi connectivity index (χ0v) is 3.98. The summed E-state index contributed by atoms with van der Waals surface area (Å²) in [7, 11) is 0. The highest BCUT2D eigenvalue weighted by molar-refractivity contribution is 5.72. The Morgan fingerprint density at radius 2 is 2.29 bits per heavy atom. The highest BCUT2D eigenvalue weighted by Crippen LogP contribution is 1.82. The van der Waals surface area contributed by atoms with Crippen LogP contribution in [-0.2, 0) is 4.79 Å². The predicted octanol–water partition coefficient (Wildman–Crippen LogP) is -0.432. The van der Waals surface area contributed by atoms with Gasteiger partial charge in [0.15, 0.2) is 0 Å². The van der Waals surface area contributed by atoms with E-state index in [1.54, 1.807) is 0 Å². The van der Waals surface area contributed by atoms with E-state index in [1.807, 2.05) is 0 Å². The van der Waals surface area contributed by atoms with Crippen LogP contribution in [0.3, 0.4) is 0 Å². The topological polar surface area (TPSA) is 61.1 Å². The third-order valence-electron chi connectivity index (χ3n) is 0.562. The Hall–Kier alpha value is -0.570. The molecule has 0 aromatic rings. The number of hydrogen-bond donors (Lipinski definition) is 1. The van der Waals surface area contributed by atoms with Gasteiger partial charge in [0, 0.05) is 13.0 Å². The van der Waals surface area contributed by atoms with Crippen molar-refractivity contribution in [2.75, 3.05) is 6.61 Å². The number of rotatable bonds is 3. The van der Waals surface area contributed by atoms with Gasteiger partial charge in [-0.15, -0.1) is 0 Å². The van der Waals surface area contributed by atoms with Gasteiger partial charge in [-0.1, -0.05) is 0 Å². The minimum atomic E-state index is -0.603. The third kappa shape index (κ3) is 5.43. The summed E-state index contributed by atoms with van der Waals surface area (Å²) in [6.07, 6.45) is 0.596. The van der Waals surface area contributed by atoms with Crippen LogP contribution in [0.2, 0.25) is 0 Å². The molecule has 41 valence electrons. The summed E-state index contributed by atoms with van der Waals surface area (Å²) in [5.41, 5.74) is 6.33. The third-order valence-corrected chi connectivity index (χ3v) is 0.562. The van der Waals surface area contributed by atoms with Crippen molar-refractivity contribution < 1.29 is 9.90 Å². The van der Waals surface area contributed by atoms with E-state index < -0.39 is 5.91 Å². The second-order valence-electron chi connectivity index (χ2n) is 1.25. The molecule has 0 spiro atoms. The van der Waals surface area contributed by atoms with Gasteiger partial charge in [0.2, 0.25) is 5.91 Å². The number of carbonyl (C=O) groups is 1. The average Bonchev–Trinajstić information content (AvgIpc) is 1.61. The number of carbonyl (C=O) groups excluding carboxylic acids is 1. The number of nitrogens with one attached hydrogen (secondary N) is 1. The Kier molecular flexibility index (Phi) is 3.32. The predicted molar refractivity (Wildman–Crippen MR) is 24.4 cm³/mol. The van der Waals surface area contributed by atoms with Crippen LogP contribution < -0.4 is 5.73 Å². The molecule has 0 aliphatic rings. The lowest BCUT2D eigenvalue weighted by Gasteiger charge is -1.85. The van der Waals surface area contributed by atoms with Crippen molar-refractivity contribution in [3.63, 3.8) is 0 Å². The zero-order valence-electron chi connectivity index (χ0n) is 3.98. The van der Waals surface area contributed by atoms with E-state index in [9.17, 15) is 4.79 Å². The van der Waals surface area contributed by atoms with Gasteiger partial charge < -0.3 is 5.11 Å². The lowest BCUT2D eigenvalue weighted by Crippen LogP contribution is -1.97. The second kappa shape index (κ2) is 3.61. The molecule has 0 fully saturated rings. The summed E-state index contributed by atoms with van der Waals surface area (Å²) in [5, 5.41) is 8.08.